The first-order chi connectivity index (χ1) is 8.51. The highest BCUT2D eigenvalue weighted by Crippen LogP contribution is 2.43. The summed E-state index contributed by atoms with van der Waals surface area (Å²) in [6.45, 7) is 14.4. The van der Waals surface area contributed by atoms with E-state index in [1.165, 1.54) is 38.6 Å². The summed E-state index contributed by atoms with van der Waals surface area (Å²) in [5.74, 6) is 0.927. The summed E-state index contributed by atoms with van der Waals surface area (Å²) in [5, 5.41) is 3.84. The first-order valence-electron chi connectivity index (χ1n) is 8.03. The molecular weight excluding hydrogens is 220 g/mol. The van der Waals surface area contributed by atoms with Crippen LogP contribution >= 0.6 is 0 Å². The van der Waals surface area contributed by atoms with Gasteiger partial charge in [-0.3, -0.25) is 4.90 Å². The van der Waals surface area contributed by atoms with Gasteiger partial charge in [-0.1, -0.05) is 20.8 Å². The van der Waals surface area contributed by atoms with Gasteiger partial charge in [-0.25, -0.2) is 0 Å². The highest BCUT2D eigenvalue weighted by Gasteiger charge is 2.48. The molecule has 1 saturated carbocycles. The normalized spacial score (nSPS) is 34.8. The Morgan fingerprint density at radius 3 is 2.17 bits per heavy atom. The van der Waals surface area contributed by atoms with Gasteiger partial charge in [0, 0.05) is 30.2 Å². The lowest BCUT2D eigenvalue weighted by Crippen LogP contribution is -2.68. The molecule has 0 radical (unpaired) electrons. The van der Waals surface area contributed by atoms with E-state index in [1.807, 2.05) is 0 Å². The Bertz CT molecular complexity index is 273. The van der Waals surface area contributed by atoms with Crippen molar-refractivity contribution in [3.8, 4) is 0 Å². The monoisotopic (exact) mass is 252 g/mol. The predicted molar refractivity (Wildman–Crippen MR) is 78.9 cm³/mol. The van der Waals surface area contributed by atoms with Crippen LogP contribution in [0.5, 0.6) is 0 Å². The molecule has 0 amide bonds. The molecule has 0 aromatic heterocycles. The van der Waals surface area contributed by atoms with Gasteiger partial charge in [0.05, 0.1) is 0 Å². The van der Waals surface area contributed by atoms with Crippen LogP contribution in [0, 0.1) is 5.92 Å². The van der Waals surface area contributed by atoms with Gasteiger partial charge in [0.1, 0.15) is 0 Å². The molecule has 1 saturated heterocycles. The quantitative estimate of drug-likeness (QED) is 0.806. The van der Waals surface area contributed by atoms with Crippen LogP contribution in [-0.4, -0.2) is 35.1 Å². The van der Waals surface area contributed by atoms with Crippen molar-refractivity contribution in [2.24, 2.45) is 5.92 Å². The minimum Gasteiger partial charge on any atom is -0.308 e. The fraction of sp³-hybridized carbons (Fsp3) is 1.00. The third-order valence-corrected chi connectivity index (χ3v) is 5.89. The predicted octanol–water partition coefficient (Wildman–Crippen LogP) is 3.42. The Kier molecular flexibility index (Phi) is 4.08. The SMILES string of the molecule is CCC(CC)(CC)N1CC(C)(C2CC2)NCC1C. The fourth-order valence-electron chi connectivity index (χ4n) is 4.05. The minimum atomic E-state index is 0.372. The molecule has 2 aliphatic rings. The number of nitrogens with zero attached hydrogens (tertiary/aromatic N) is 1. The summed E-state index contributed by atoms with van der Waals surface area (Å²) >= 11 is 0. The second-order valence-corrected chi connectivity index (χ2v) is 6.83. The Labute approximate surface area is 114 Å². The van der Waals surface area contributed by atoms with Gasteiger partial charge in [0.2, 0.25) is 0 Å². The lowest BCUT2D eigenvalue weighted by atomic mass is 9.81. The molecule has 18 heavy (non-hydrogen) atoms. The van der Waals surface area contributed by atoms with Gasteiger partial charge >= 0.3 is 0 Å². The van der Waals surface area contributed by atoms with Crippen LogP contribution in [0.1, 0.15) is 66.7 Å². The molecule has 2 fully saturated rings. The Morgan fingerprint density at radius 1 is 1.17 bits per heavy atom. The van der Waals surface area contributed by atoms with Gasteiger partial charge in [-0.2, -0.15) is 0 Å². The second kappa shape index (κ2) is 5.13. The minimum absolute atomic E-state index is 0.372. The van der Waals surface area contributed by atoms with E-state index in [9.17, 15) is 0 Å². The molecule has 1 heterocycles. The summed E-state index contributed by atoms with van der Waals surface area (Å²) in [5.41, 5.74) is 0.801. The zero-order valence-electron chi connectivity index (χ0n) is 13.1. The highest BCUT2D eigenvalue weighted by atomic mass is 15.3. The number of rotatable bonds is 5. The van der Waals surface area contributed by atoms with Gasteiger partial charge < -0.3 is 5.32 Å². The van der Waals surface area contributed by atoms with Crippen LogP contribution in [-0.2, 0) is 0 Å². The van der Waals surface area contributed by atoms with Crippen molar-refractivity contribution in [1.82, 2.24) is 10.2 Å². The smallest absolute Gasteiger partial charge is 0.0309 e. The average molecular weight is 252 g/mol. The Balaban J connectivity index is 2.18. The van der Waals surface area contributed by atoms with Crippen molar-refractivity contribution in [3.05, 3.63) is 0 Å². The molecule has 2 heteroatoms. The van der Waals surface area contributed by atoms with Gasteiger partial charge in [0.25, 0.3) is 0 Å². The molecule has 106 valence electrons. The summed E-state index contributed by atoms with van der Waals surface area (Å²) in [4.78, 5) is 2.84. The number of piperazine rings is 1. The molecule has 2 rings (SSSR count). The molecule has 1 aliphatic carbocycles. The van der Waals surface area contributed by atoms with E-state index in [4.69, 9.17) is 0 Å². The van der Waals surface area contributed by atoms with Crippen molar-refractivity contribution < 1.29 is 0 Å². The molecule has 0 bridgehead atoms. The molecule has 0 spiro atoms. The summed E-state index contributed by atoms with van der Waals surface area (Å²) in [7, 11) is 0. The van der Waals surface area contributed by atoms with E-state index in [0.29, 0.717) is 17.1 Å². The number of hydrogen-bond donors (Lipinski definition) is 1. The van der Waals surface area contributed by atoms with E-state index >= 15 is 0 Å². The Hall–Kier alpha value is -0.0800. The molecule has 0 aromatic carbocycles. The average Bonchev–Trinajstić information content (AvgIpc) is 3.21. The third-order valence-electron chi connectivity index (χ3n) is 5.89. The molecule has 2 unspecified atom stereocenters. The van der Waals surface area contributed by atoms with Crippen molar-refractivity contribution in [2.75, 3.05) is 13.1 Å². The maximum atomic E-state index is 3.84. The van der Waals surface area contributed by atoms with Gasteiger partial charge in [-0.05, 0) is 51.9 Å². The summed E-state index contributed by atoms with van der Waals surface area (Å²) in [6, 6.07) is 0.677. The van der Waals surface area contributed by atoms with Crippen LogP contribution < -0.4 is 5.32 Å². The molecular formula is C16H32N2. The van der Waals surface area contributed by atoms with E-state index in [0.717, 1.165) is 12.5 Å². The highest BCUT2D eigenvalue weighted by molar-refractivity contribution is 5.06. The first kappa shape index (κ1) is 14.3. The van der Waals surface area contributed by atoms with Crippen molar-refractivity contribution in [2.45, 2.75) is 83.8 Å². The lowest BCUT2D eigenvalue weighted by molar-refractivity contribution is -0.0205. The van der Waals surface area contributed by atoms with Crippen LogP contribution in [0.3, 0.4) is 0 Å². The van der Waals surface area contributed by atoms with E-state index in [1.54, 1.807) is 0 Å². The first-order valence-corrected chi connectivity index (χ1v) is 8.03. The second-order valence-electron chi connectivity index (χ2n) is 6.83. The standard InChI is InChI=1S/C16H32N2/c1-6-16(7-2,8-3)18-12-15(5,14-9-10-14)17-11-13(18)4/h13-14,17H,6-12H2,1-5H3. The maximum absolute atomic E-state index is 3.84. The van der Waals surface area contributed by atoms with Crippen LogP contribution in [0.25, 0.3) is 0 Å². The fourth-order valence-corrected chi connectivity index (χ4v) is 4.05. The maximum Gasteiger partial charge on any atom is 0.0309 e. The molecule has 1 N–H and O–H groups in total. The van der Waals surface area contributed by atoms with E-state index in [-0.39, 0.29) is 0 Å². The zero-order chi connectivity index (χ0) is 13.4. The third kappa shape index (κ3) is 2.34. The topological polar surface area (TPSA) is 15.3 Å². The lowest BCUT2D eigenvalue weighted by Gasteiger charge is -2.54. The molecule has 2 nitrogen and oxygen atoms in total. The van der Waals surface area contributed by atoms with Crippen LogP contribution in [0.2, 0.25) is 0 Å². The van der Waals surface area contributed by atoms with Gasteiger partial charge in [0.15, 0.2) is 0 Å². The van der Waals surface area contributed by atoms with Crippen molar-refractivity contribution >= 4 is 0 Å². The van der Waals surface area contributed by atoms with E-state index in [2.05, 4.69) is 44.8 Å². The summed E-state index contributed by atoms with van der Waals surface area (Å²) < 4.78 is 0. The Morgan fingerprint density at radius 2 is 1.72 bits per heavy atom. The van der Waals surface area contributed by atoms with Gasteiger partial charge in [-0.15, -0.1) is 0 Å². The largest absolute Gasteiger partial charge is 0.308 e. The molecule has 0 aromatic rings. The molecule has 2 atom stereocenters. The molecule has 1 aliphatic heterocycles. The number of hydrogen-bond acceptors (Lipinski definition) is 2. The summed E-state index contributed by atoms with van der Waals surface area (Å²) in [6.07, 6.45) is 6.72. The van der Waals surface area contributed by atoms with Crippen molar-refractivity contribution in [3.63, 3.8) is 0 Å². The van der Waals surface area contributed by atoms with Crippen molar-refractivity contribution in [1.29, 1.82) is 0 Å². The van der Waals surface area contributed by atoms with Crippen LogP contribution in [0.15, 0.2) is 0 Å². The zero-order valence-corrected chi connectivity index (χ0v) is 13.1. The van der Waals surface area contributed by atoms with Crippen LogP contribution in [0.4, 0.5) is 0 Å². The number of nitrogens with one attached hydrogen (secondary N) is 1. The van der Waals surface area contributed by atoms with E-state index < -0.39 is 0 Å².